The maximum atomic E-state index is 10.5. The second-order valence-corrected chi connectivity index (χ2v) is 13.2. The minimum atomic E-state index is -2.00. The second-order valence-electron chi connectivity index (χ2n) is 8.40. The van der Waals surface area contributed by atoms with E-state index in [1.807, 2.05) is 0 Å². The van der Waals surface area contributed by atoms with Crippen molar-refractivity contribution in [1.29, 1.82) is 0 Å². The Labute approximate surface area is 144 Å². The minimum absolute atomic E-state index is 0.0375. The molecule has 2 aliphatic heterocycles. The van der Waals surface area contributed by atoms with Crippen molar-refractivity contribution in [2.45, 2.75) is 89.2 Å². The van der Waals surface area contributed by atoms with Crippen molar-refractivity contribution in [1.82, 2.24) is 0 Å². The van der Waals surface area contributed by atoms with E-state index in [0.29, 0.717) is 0 Å². The van der Waals surface area contributed by atoms with Crippen molar-refractivity contribution in [3.8, 4) is 0 Å². The van der Waals surface area contributed by atoms with Gasteiger partial charge in [0.2, 0.25) is 0 Å². The summed E-state index contributed by atoms with van der Waals surface area (Å²) in [5.41, 5.74) is 8.87. The maximum Gasteiger partial charge on any atom is 0.191 e. The third-order valence-electron chi connectivity index (χ3n) is 5.05. The minimum Gasteiger partial charge on any atom is -0.416 e. The van der Waals surface area contributed by atoms with Crippen LogP contribution >= 0.6 is 0 Å². The molecule has 0 aliphatic carbocycles. The monoisotopic (exact) mass is 359 g/mol. The highest BCUT2D eigenvalue weighted by molar-refractivity contribution is 6.74. The molecule has 0 saturated carbocycles. The van der Waals surface area contributed by atoms with Gasteiger partial charge in [-0.15, -0.1) is 0 Å². The molecule has 0 amide bonds. The van der Waals surface area contributed by atoms with E-state index in [9.17, 15) is 5.11 Å². The molecule has 2 saturated heterocycles. The van der Waals surface area contributed by atoms with E-state index >= 15 is 0 Å². The first-order valence-corrected chi connectivity index (χ1v) is 11.2. The van der Waals surface area contributed by atoms with Crippen LogP contribution in [0.1, 0.15) is 34.6 Å². The maximum absolute atomic E-state index is 10.5. The number of aliphatic hydroxyl groups excluding tert-OH is 1. The first-order chi connectivity index (χ1) is 10.9. The number of ether oxygens (including phenoxy) is 3. The summed E-state index contributed by atoms with van der Waals surface area (Å²) in [6.07, 6.45) is -2.90. The lowest BCUT2D eigenvalue weighted by molar-refractivity contribution is -0.217. The number of hydrogen-bond acceptors (Lipinski definition) is 6. The van der Waals surface area contributed by atoms with E-state index in [0.717, 1.165) is 0 Å². The van der Waals surface area contributed by atoms with Crippen LogP contribution in [0, 0.1) is 0 Å². The van der Waals surface area contributed by atoms with Crippen LogP contribution in [0.4, 0.5) is 0 Å². The fourth-order valence-electron chi connectivity index (χ4n) is 2.60. The van der Waals surface area contributed by atoms with Gasteiger partial charge in [-0.2, -0.15) is 0 Å². The Hall–Kier alpha value is -0.673. The van der Waals surface area contributed by atoms with Gasteiger partial charge in [-0.25, -0.2) is 0 Å². The summed E-state index contributed by atoms with van der Waals surface area (Å²) in [7, 11) is -2.00. The highest BCUT2D eigenvalue weighted by Gasteiger charge is 2.56. The number of azide groups is 1. The fraction of sp³-hybridized carbons (Fsp3) is 1.00. The Morgan fingerprint density at radius 1 is 1.33 bits per heavy atom. The van der Waals surface area contributed by atoms with E-state index < -0.39 is 44.7 Å². The summed E-state index contributed by atoms with van der Waals surface area (Å²) in [5, 5.41) is 14.3. The molecule has 0 unspecified atom stereocenters. The highest BCUT2D eigenvalue weighted by atomic mass is 28.4. The SMILES string of the molecule is CC1(C)O[C@H]2O[C@H]([C@@H](CO[Si](C)(C)C(C)(C)C)N=[N+]=[N-])[C@H](O)[C@H]2O1. The molecule has 0 aromatic carbocycles. The zero-order valence-corrected chi connectivity index (χ0v) is 16.5. The molecule has 0 bridgehead atoms. The van der Waals surface area contributed by atoms with Gasteiger partial charge in [-0.05, 0) is 37.5 Å². The Balaban J connectivity index is 2.06. The summed E-state index contributed by atoms with van der Waals surface area (Å²) in [5.74, 6) is -0.799. The molecule has 2 heterocycles. The summed E-state index contributed by atoms with van der Waals surface area (Å²) in [6.45, 7) is 14.4. The second kappa shape index (κ2) is 6.57. The van der Waals surface area contributed by atoms with Gasteiger partial charge in [0.15, 0.2) is 20.4 Å². The zero-order valence-electron chi connectivity index (χ0n) is 15.5. The van der Waals surface area contributed by atoms with Crippen LogP contribution in [0.5, 0.6) is 0 Å². The van der Waals surface area contributed by atoms with Crippen molar-refractivity contribution in [3.05, 3.63) is 10.4 Å². The lowest BCUT2D eigenvalue weighted by Gasteiger charge is -2.37. The number of nitrogens with zero attached hydrogens (tertiary/aromatic N) is 3. The van der Waals surface area contributed by atoms with Gasteiger partial charge in [-0.3, -0.25) is 0 Å². The molecule has 0 aromatic heterocycles. The normalized spacial score (nSPS) is 33.8. The molecule has 0 spiro atoms. The summed E-state index contributed by atoms with van der Waals surface area (Å²) in [4.78, 5) is 2.89. The summed E-state index contributed by atoms with van der Waals surface area (Å²) >= 11 is 0. The number of fused-ring (bicyclic) bond motifs is 1. The van der Waals surface area contributed by atoms with Gasteiger partial charge >= 0.3 is 0 Å². The van der Waals surface area contributed by atoms with Crippen LogP contribution in [0.3, 0.4) is 0 Å². The molecule has 138 valence electrons. The molecule has 2 rings (SSSR count). The molecular formula is C15H29N3O5Si. The molecule has 24 heavy (non-hydrogen) atoms. The van der Waals surface area contributed by atoms with E-state index in [2.05, 4.69) is 43.9 Å². The quantitative estimate of drug-likeness (QED) is 0.351. The topological polar surface area (TPSA) is 106 Å². The summed E-state index contributed by atoms with van der Waals surface area (Å²) < 4.78 is 23.2. The standard InChI is InChI=1S/C15H29N3O5Si/c1-14(2,3)24(6,7)20-8-9(17-18-16)11-10(19)12-13(21-11)23-15(4,5)22-12/h9-13,19H,8H2,1-7H3/t9-,10+,11-,12-,13-/m1/s1. The molecular weight excluding hydrogens is 330 g/mol. The Kier molecular flexibility index (Phi) is 5.38. The first kappa shape index (κ1) is 19.6. The van der Waals surface area contributed by atoms with E-state index in [-0.39, 0.29) is 11.6 Å². The van der Waals surface area contributed by atoms with Gasteiger partial charge in [0, 0.05) is 11.5 Å². The average Bonchev–Trinajstić information content (AvgIpc) is 2.87. The Bertz CT molecular complexity index is 516. The van der Waals surface area contributed by atoms with Crippen molar-refractivity contribution in [2.24, 2.45) is 5.11 Å². The zero-order chi connectivity index (χ0) is 18.3. The molecule has 9 heteroatoms. The molecule has 2 aliphatic rings. The highest BCUT2D eigenvalue weighted by Crippen LogP contribution is 2.40. The van der Waals surface area contributed by atoms with E-state index in [1.165, 1.54) is 0 Å². The van der Waals surface area contributed by atoms with Gasteiger partial charge in [0.25, 0.3) is 0 Å². The fourth-order valence-corrected chi connectivity index (χ4v) is 3.63. The molecule has 1 N–H and O–H groups in total. The molecule has 8 nitrogen and oxygen atoms in total. The lowest BCUT2D eigenvalue weighted by atomic mass is 10.1. The summed E-state index contributed by atoms with van der Waals surface area (Å²) in [6, 6.07) is -0.639. The van der Waals surface area contributed by atoms with Crippen molar-refractivity contribution >= 4 is 8.32 Å². The van der Waals surface area contributed by atoms with Gasteiger partial charge < -0.3 is 23.7 Å². The van der Waals surface area contributed by atoms with Gasteiger partial charge in [-0.1, -0.05) is 25.9 Å². The average molecular weight is 359 g/mol. The molecule has 5 atom stereocenters. The number of rotatable bonds is 5. The van der Waals surface area contributed by atoms with Crippen molar-refractivity contribution < 1.29 is 23.7 Å². The van der Waals surface area contributed by atoms with Gasteiger partial charge in [0.1, 0.15) is 18.3 Å². The van der Waals surface area contributed by atoms with Crippen LogP contribution in [0.15, 0.2) is 5.11 Å². The smallest absolute Gasteiger partial charge is 0.191 e. The van der Waals surface area contributed by atoms with E-state index in [1.54, 1.807) is 13.8 Å². The Morgan fingerprint density at radius 3 is 2.46 bits per heavy atom. The van der Waals surface area contributed by atoms with Crippen molar-refractivity contribution in [2.75, 3.05) is 6.61 Å². The Morgan fingerprint density at radius 2 is 1.96 bits per heavy atom. The predicted molar refractivity (Wildman–Crippen MR) is 90.8 cm³/mol. The number of aliphatic hydroxyl groups is 1. The van der Waals surface area contributed by atoms with Crippen LogP contribution in [-0.2, 0) is 18.6 Å². The largest absolute Gasteiger partial charge is 0.416 e. The van der Waals surface area contributed by atoms with E-state index in [4.69, 9.17) is 24.2 Å². The third kappa shape index (κ3) is 3.93. The predicted octanol–water partition coefficient (Wildman–Crippen LogP) is 2.92. The lowest BCUT2D eigenvalue weighted by Crippen LogP contribution is -2.46. The first-order valence-electron chi connectivity index (χ1n) is 8.25. The molecule has 0 radical (unpaired) electrons. The third-order valence-corrected chi connectivity index (χ3v) is 9.55. The van der Waals surface area contributed by atoms with Crippen LogP contribution in [0.25, 0.3) is 10.4 Å². The molecule has 2 fully saturated rings. The van der Waals surface area contributed by atoms with Crippen LogP contribution in [0.2, 0.25) is 18.1 Å². The van der Waals surface area contributed by atoms with Gasteiger partial charge in [0.05, 0.1) is 6.04 Å². The van der Waals surface area contributed by atoms with Crippen molar-refractivity contribution in [3.63, 3.8) is 0 Å². The van der Waals surface area contributed by atoms with Crippen LogP contribution in [-0.4, -0.2) is 56.5 Å². The molecule has 0 aromatic rings. The van der Waals surface area contributed by atoms with Crippen LogP contribution < -0.4 is 0 Å². The number of hydrogen-bond donors (Lipinski definition) is 1.